The first kappa shape index (κ1) is 15.2. The molecule has 0 aliphatic rings. The van der Waals surface area contributed by atoms with Crippen molar-refractivity contribution in [1.29, 1.82) is 0 Å². The third-order valence-electron chi connectivity index (χ3n) is 3.10. The maximum absolute atomic E-state index is 13.1. The van der Waals surface area contributed by atoms with Gasteiger partial charge >= 0.3 is 0 Å². The Kier molecular flexibility index (Phi) is 4.08. The highest BCUT2D eigenvalue weighted by Gasteiger charge is 2.10. The third kappa shape index (κ3) is 3.37. The fourth-order valence-corrected chi connectivity index (χ4v) is 2.14. The van der Waals surface area contributed by atoms with Crippen molar-refractivity contribution in [2.24, 2.45) is 0 Å². The maximum Gasteiger partial charge on any atom is 0.255 e. The molecule has 3 aromatic rings. The van der Waals surface area contributed by atoms with E-state index >= 15 is 0 Å². The molecule has 0 aliphatic heterocycles. The molecule has 23 heavy (non-hydrogen) atoms. The third-order valence-corrected chi connectivity index (χ3v) is 3.39. The standard InChI is InChI=1S/C16H11ClFN3O2/c1-9-20-21-16(23-9)11-4-2-10(3-5-11)15(22)19-12-6-7-14(18)13(17)8-12/h2-8H,1H3,(H,19,22). The van der Waals surface area contributed by atoms with Crippen LogP contribution in [-0.2, 0) is 0 Å². The van der Waals surface area contributed by atoms with Crippen molar-refractivity contribution in [2.75, 3.05) is 5.32 Å². The topological polar surface area (TPSA) is 68.0 Å². The highest BCUT2D eigenvalue weighted by molar-refractivity contribution is 6.31. The predicted octanol–water partition coefficient (Wildman–Crippen LogP) is 4.09. The number of amides is 1. The molecule has 7 heteroatoms. The van der Waals surface area contributed by atoms with Crippen molar-refractivity contribution in [1.82, 2.24) is 10.2 Å². The van der Waals surface area contributed by atoms with Crippen LogP contribution in [0.1, 0.15) is 16.2 Å². The first-order valence-corrected chi connectivity index (χ1v) is 7.07. The highest BCUT2D eigenvalue weighted by atomic mass is 35.5. The maximum atomic E-state index is 13.1. The van der Waals surface area contributed by atoms with Crippen molar-refractivity contribution in [2.45, 2.75) is 6.92 Å². The molecule has 0 fully saturated rings. The molecule has 0 saturated carbocycles. The molecule has 0 atom stereocenters. The van der Waals surface area contributed by atoms with Crippen LogP contribution >= 0.6 is 11.6 Å². The van der Waals surface area contributed by atoms with Gasteiger partial charge in [-0.25, -0.2) is 4.39 Å². The van der Waals surface area contributed by atoms with E-state index in [9.17, 15) is 9.18 Å². The fourth-order valence-electron chi connectivity index (χ4n) is 1.95. The second kappa shape index (κ2) is 6.18. The van der Waals surface area contributed by atoms with Gasteiger partial charge in [-0.05, 0) is 42.5 Å². The van der Waals surface area contributed by atoms with Gasteiger partial charge in [0, 0.05) is 23.7 Å². The fraction of sp³-hybridized carbons (Fsp3) is 0.0625. The van der Waals surface area contributed by atoms with Crippen LogP contribution in [0.4, 0.5) is 10.1 Å². The lowest BCUT2D eigenvalue weighted by molar-refractivity contribution is 0.102. The lowest BCUT2D eigenvalue weighted by Crippen LogP contribution is -2.11. The van der Waals surface area contributed by atoms with E-state index < -0.39 is 5.82 Å². The Morgan fingerprint density at radius 1 is 1.17 bits per heavy atom. The Bertz CT molecular complexity index is 862. The van der Waals surface area contributed by atoms with E-state index in [4.69, 9.17) is 16.0 Å². The number of hydrogen-bond acceptors (Lipinski definition) is 4. The van der Waals surface area contributed by atoms with Gasteiger partial charge in [0.15, 0.2) is 0 Å². The second-order valence-electron chi connectivity index (χ2n) is 4.79. The summed E-state index contributed by atoms with van der Waals surface area (Å²) in [4.78, 5) is 12.2. The molecule has 1 amide bonds. The normalized spacial score (nSPS) is 10.6. The van der Waals surface area contributed by atoms with Crippen LogP contribution in [-0.4, -0.2) is 16.1 Å². The number of carbonyl (C=O) groups is 1. The van der Waals surface area contributed by atoms with Crippen LogP contribution in [0.3, 0.4) is 0 Å². The Hall–Kier alpha value is -2.73. The van der Waals surface area contributed by atoms with Gasteiger partial charge < -0.3 is 9.73 Å². The lowest BCUT2D eigenvalue weighted by Gasteiger charge is -2.06. The zero-order valence-electron chi connectivity index (χ0n) is 12.0. The minimum atomic E-state index is -0.538. The van der Waals surface area contributed by atoms with Crippen molar-refractivity contribution in [3.63, 3.8) is 0 Å². The van der Waals surface area contributed by atoms with Gasteiger partial charge in [0.1, 0.15) is 5.82 Å². The van der Waals surface area contributed by atoms with E-state index in [0.29, 0.717) is 28.6 Å². The summed E-state index contributed by atoms with van der Waals surface area (Å²) in [5.74, 6) is -0.0143. The molecule has 2 aromatic carbocycles. The quantitative estimate of drug-likeness (QED) is 0.785. The van der Waals surface area contributed by atoms with Gasteiger partial charge in [0.25, 0.3) is 5.91 Å². The summed E-state index contributed by atoms with van der Waals surface area (Å²) in [6.07, 6.45) is 0. The first-order valence-electron chi connectivity index (χ1n) is 6.70. The monoisotopic (exact) mass is 331 g/mol. The summed E-state index contributed by atoms with van der Waals surface area (Å²) in [5.41, 5.74) is 1.57. The van der Waals surface area contributed by atoms with Crippen LogP contribution in [0.15, 0.2) is 46.9 Å². The molecule has 1 aromatic heterocycles. The number of carbonyl (C=O) groups excluding carboxylic acids is 1. The number of nitrogens with zero attached hydrogens (tertiary/aromatic N) is 2. The van der Waals surface area contributed by atoms with Crippen LogP contribution in [0.25, 0.3) is 11.5 Å². The molecule has 0 saturated heterocycles. The number of anilines is 1. The zero-order valence-corrected chi connectivity index (χ0v) is 12.8. The molecule has 0 radical (unpaired) electrons. The molecular weight excluding hydrogens is 321 g/mol. The molecule has 116 valence electrons. The number of aryl methyl sites for hydroxylation is 1. The number of halogens is 2. The van der Waals surface area contributed by atoms with Crippen molar-refractivity contribution < 1.29 is 13.6 Å². The minimum absolute atomic E-state index is 0.0510. The number of aromatic nitrogens is 2. The molecule has 1 heterocycles. The summed E-state index contributed by atoms with van der Waals surface area (Å²) >= 11 is 5.68. The minimum Gasteiger partial charge on any atom is -0.421 e. The highest BCUT2D eigenvalue weighted by Crippen LogP contribution is 2.21. The molecule has 0 spiro atoms. The van der Waals surface area contributed by atoms with E-state index in [1.54, 1.807) is 31.2 Å². The zero-order chi connectivity index (χ0) is 16.4. The summed E-state index contributed by atoms with van der Waals surface area (Å²) in [7, 11) is 0. The van der Waals surface area contributed by atoms with E-state index in [-0.39, 0.29) is 10.9 Å². The Morgan fingerprint density at radius 3 is 2.52 bits per heavy atom. The average Bonchev–Trinajstić information content (AvgIpc) is 2.97. The molecular formula is C16H11ClFN3O2. The van der Waals surface area contributed by atoms with E-state index in [2.05, 4.69) is 15.5 Å². The van der Waals surface area contributed by atoms with Gasteiger partial charge in [0.05, 0.1) is 5.02 Å². The Balaban J connectivity index is 1.76. The Morgan fingerprint density at radius 2 is 1.91 bits per heavy atom. The van der Waals surface area contributed by atoms with Crippen molar-refractivity contribution in [3.8, 4) is 11.5 Å². The largest absolute Gasteiger partial charge is 0.421 e. The predicted molar refractivity (Wildman–Crippen MR) is 83.8 cm³/mol. The smallest absolute Gasteiger partial charge is 0.255 e. The van der Waals surface area contributed by atoms with Gasteiger partial charge in [-0.15, -0.1) is 10.2 Å². The molecule has 1 N–H and O–H groups in total. The van der Waals surface area contributed by atoms with Gasteiger partial charge in [-0.1, -0.05) is 11.6 Å². The molecule has 0 unspecified atom stereocenters. The SMILES string of the molecule is Cc1nnc(-c2ccc(C(=O)Nc3ccc(F)c(Cl)c3)cc2)o1. The van der Waals surface area contributed by atoms with Crippen molar-refractivity contribution >= 4 is 23.2 Å². The molecule has 5 nitrogen and oxygen atoms in total. The van der Waals surface area contributed by atoms with Crippen molar-refractivity contribution in [3.05, 3.63) is 64.8 Å². The summed E-state index contributed by atoms with van der Waals surface area (Å²) in [6.45, 7) is 1.70. The summed E-state index contributed by atoms with van der Waals surface area (Å²) < 4.78 is 18.4. The summed E-state index contributed by atoms with van der Waals surface area (Å²) in [5, 5.41) is 10.3. The number of benzene rings is 2. The van der Waals surface area contributed by atoms with Gasteiger partial charge in [0.2, 0.25) is 11.8 Å². The average molecular weight is 332 g/mol. The Labute approximate surface area is 136 Å². The summed E-state index contributed by atoms with van der Waals surface area (Å²) in [6, 6.07) is 10.7. The second-order valence-corrected chi connectivity index (χ2v) is 5.19. The molecule has 3 rings (SSSR count). The van der Waals surface area contributed by atoms with Crippen LogP contribution < -0.4 is 5.32 Å². The van der Waals surface area contributed by atoms with Crippen LogP contribution in [0, 0.1) is 12.7 Å². The van der Waals surface area contributed by atoms with E-state index in [1.807, 2.05) is 0 Å². The van der Waals surface area contributed by atoms with E-state index in [1.165, 1.54) is 18.2 Å². The van der Waals surface area contributed by atoms with E-state index in [0.717, 1.165) is 0 Å². The van der Waals surface area contributed by atoms with Gasteiger partial charge in [-0.3, -0.25) is 4.79 Å². The number of nitrogens with one attached hydrogen (secondary N) is 1. The molecule has 0 aliphatic carbocycles. The number of rotatable bonds is 3. The van der Waals surface area contributed by atoms with Gasteiger partial charge in [-0.2, -0.15) is 0 Å². The van der Waals surface area contributed by atoms with Crippen LogP contribution in [0.5, 0.6) is 0 Å². The van der Waals surface area contributed by atoms with Crippen LogP contribution in [0.2, 0.25) is 5.02 Å². The molecule has 0 bridgehead atoms. The number of hydrogen-bond donors (Lipinski definition) is 1. The first-order chi connectivity index (χ1) is 11.0. The lowest BCUT2D eigenvalue weighted by atomic mass is 10.1.